The fraction of sp³-hybridized carbons (Fsp3) is 0.632. The van der Waals surface area contributed by atoms with Crippen LogP contribution in [-0.2, 0) is 4.74 Å². The van der Waals surface area contributed by atoms with E-state index in [1.807, 2.05) is 24.3 Å². The second-order valence-electron chi connectivity index (χ2n) is 6.81. The molecular formula is C19H27NO3. The summed E-state index contributed by atoms with van der Waals surface area (Å²) >= 11 is 0. The highest BCUT2D eigenvalue weighted by molar-refractivity contribution is 5.94. The molecule has 3 rings (SSSR count). The Morgan fingerprint density at radius 1 is 1.17 bits per heavy atom. The number of hydrogen-bond donors (Lipinski definition) is 1. The Hall–Kier alpha value is -1.55. The molecule has 1 amide bonds. The van der Waals surface area contributed by atoms with Gasteiger partial charge in [-0.2, -0.15) is 0 Å². The van der Waals surface area contributed by atoms with Gasteiger partial charge in [0.1, 0.15) is 12.4 Å². The molecule has 0 aromatic heterocycles. The lowest BCUT2D eigenvalue weighted by Gasteiger charge is -2.29. The van der Waals surface area contributed by atoms with Gasteiger partial charge >= 0.3 is 0 Å². The van der Waals surface area contributed by atoms with E-state index in [0.29, 0.717) is 24.1 Å². The Kier molecular flexibility index (Phi) is 5.55. The summed E-state index contributed by atoms with van der Waals surface area (Å²) in [6.07, 6.45) is 7.20. The molecule has 0 bridgehead atoms. The van der Waals surface area contributed by atoms with E-state index in [1.165, 1.54) is 19.3 Å². The zero-order valence-corrected chi connectivity index (χ0v) is 13.9. The molecule has 1 aromatic rings. The minimum Gasteiger partial charge on any atom is -0.491 e. The van der Waals surface area contributed by atoms with Crippen LogP contribution in [0.2, 0.25) is 0 Å². The smallest absolute Gasteiger partial charge is 0.251 e. The van der Waals surface area contributed by atoms with Gasteiger partial charge in [0.15, 0.2) is 0 Å². The molecule has 0 spiro atoms. The Labute approximate surface area is 138 Å². The second-order valence-corrected chi connectivity index (χ2v) is 6.81. The lowest BCUT2D eigenvalue weighted by atomic mass is 9.86. The lowest BCUT2D eigenvalue weighted by Crippen LogP contribution is -2.41. The number of nitrogens with one attached hydrogen (secondary N) is 1. The van der Waals surface area contributed by atoms with Crippen molar-refractivity contribution < 1.29 is 14.3 Å². The molecule has 2 fully saturated rings. The normalized spacial score (nSPS) is 27.6. The summed E-state index contributed by atoms with van der Waals surface area (Å²) in [7, 11) is 0. The number of ether oxygens (including phenoxy) is 2. The molecule has 1 aliphatic heterocycles. The molecule has 1 aliphatic carbocycles. The van der Waals surface area contributed by atoms with Gasteiger partial charge in [-0.15, -0.1) is 0 Å². The van der Waals surface area contributed by atoms with Crippen molar-refractivity contribution in [2.75, 3.05) is 13.2 Å². The molecule has 2 aliphatic rings. The van der Waals surface area contributed by atoms with Crippen molar-refractivity contribution in [3.63, 3.8) is 0 Å². The molecule has 1 N–H and O–H groups in total. The number of amides is 1. The predicted molar refractivity (Wildman–Crippen MR) is 89.8 cm³/mol. The fourth-order valence-corrected chi connectivity index (χ4v) is 3.45. The van der Waals surface area contributed by atoms with Crippen LogP contribution in [0.5, 0.6) is 5.75 Å². The summed E-state index contributed by atoms with van der Waals surface area (Å²) in [5, 5.41) is 3.18. The van der Waals surface area contributed by atoms with Crippen molar-refractivity contribution in [3.05, 3.63) is 29.8 Å². The Bertz CT molecular complexity index is 508. The van der Waals surface area contributed by atoms with Gasteiger partial charge in [0.2, 0.25) is 0 Å². The van der Waals surface area contributed by atoms with E-state index in [9.17, 15) is 4.79 Å². The highest BCUT2D eigenvalue weighted by Gasteiger charge is 2.23. The van der Waals surface area contributed by atoms with E-state index in [4.69, 9.17) is 9.47 Å². The number of carbonyl (C=O) groups excluding carboxylic acids is 1. The zero-order chi connectivity index (χ0) is 16.1. The second kappa shape index (κ2) is 7.82. The minimum absolute atomic E-state index is 0.0226. The number of rotatable bonds is 5. The number of carbonyl (C=O) groups is 1. The molecule has 1 aromatic carbocycles. The molecule has 1 saturated heterocycles. The van der Waals surface area contributed by atoms with Gasteiger partial charge < -0.3 is 14.8 Å². The quantitative estimate of drug-likeness (QED) is 0.903. The van der Waals surface area contributed by atoms with Crippen molar-refractivity contribution in [2.24, 2.45) is 5.92 Å². The molecule has 1 heterocycles. The van der Waals surface area contributed by atoms with Crippen LogP contribution < -0.4 is 10.1 Å². The van der Waals surface area contributed by atoms with E-state index in [0.717, 1.165) is 31.6 Å². The summed E-state index contributed by atoms with van der Waals surface area (Å²) in [4.78, 5) is 12.4. The van der Waals surface area contributed by atoms with Crippen molar-refractivity contribution in [1.82, 2.24) is 5.32 Å². The van der Waals surface area contributed by atoms with E-state index < -0.39 is 0 Å². The van der Waals surface area contributed by atoms with Gasteiger partial charge in [0.05, 0.1) is 6.10 Å². The van der Waals surface area contributed by atoms with Gasteiger partial charge in [-0.25, -0.2) is 0 Å². The maximum absolute atomic E-state index is 12.4. The molecule has 4 nitrogen and oxygen atoms in total. The number of hydrogen-bond acceptors (Lipinski definition) is 3. The highest BCUT2D eigenvalue weighted by atomic mass is 16.5. The molecule has 3 atom stereocenters. The summed E-state index contributed by atoms with van der Waals surface area (Å²) in [6, 6.07) is 7.73. The first-order valence-corrected chi connectivity index (χ1v) is 8.88. The van der Waals surface area contributed by atoms with Gasteiger partial charge in [0.25, 0.3) is 5.91 Å². The topological polar surface area (TPSA) is 47.6 Å². The van der Waals surface area contributed by atoms with Crippen LogP contribution in [0, 0.1) is 5.92 Å². The molecular weight excluding hydrogens is 290 g/mol. The van der Waals surface area contributed by atoms with Gasteiger partial charge in [-0.3, -0.25) is 4.79 Å². The van der Waals surface area contributed by atoms with Crippen molar-refractivity contribution in [3.8, 4) is 5.75 Å². The van der Waals surface area contributed by atoms with E-state index in [-0.39, 0.29) is 12.0 Å². The Balaban J connectivity index is 1.50. The summed E-state index contributed by atoms with van der Waals surface area (Å²) in [6.45, 7) is 3.66. The summed E-state index contributed by atoms with van der Waals surface area (Å²) in [5.41, 5.74) is 0.701. The van der Waals surface area contributed by atoms with Crippen LogP contribution in [0.1, 0.15) is 55.8 Å². The maximum atomic E-state index is 12.4. The van der Waals surface area contributed by atoms with Crippen LogP contribution in [0.15, 0.2) is 24.3 Å². The Morgan fingerprint density at radius 3 is 2.65 bits per heavy atom. The van der Waals surface area contributed by atoms with Gasteiger partial charge in [0, 0.05) is 18.2 Å². The molecule has 126 valence electrons. The average Bonchev–Trinajstić information content (AvgIpc) is 3.09. The fourth-order valence-electron chi connectivity index (χ4n) is 3.45. The minimum atomic E-state index is 0.0226. The first kappa shape index (κ1) is 16.3. The van der Waals surface area contributed by atoms with Gasteiger partial charge in [-0.1, -0.05) is 19.8 Å². The molecule has 3 unspecified atom stereocenters. The third kappa shape index (κ3) is 4.47. The SMILES string of the molecule is CC1CCCCC1NC(=O)c1ccc(OCC2CCCO2)cc1. The highest BCUT2D eigenvalue weighted by Crippen LogP contribution is 2.24. The zero-order valence-electron chi connectivity index (χ0n) is 13.9. The van der Waals surface area contributed by atoms with Gasteiger partial charge in [-0.05, 0) is 55.9 Å². The molecule has 23 heavy (non-hydrogen) atoms. The van der Waals surface area contributed by atoms with Crippen LogP contribution in [-0.4, -0.2) is 31.3 Å². The van der Waals surface area contributed by atoms with Crippen LogP contribution in [0.25, 0.3) is 0 Å². The van der Waals surface area contributed by atoms with Crippen LogP contribution >= 0.6 is 0 Å². The standard InChI is InChI=1S/C19H27NO3/c1-14-5-2-3-7-18(14)20-19(21)15-8-10-16(11-9-15)23-13-17-6-4-12-22-17/h8-11,14,17-18H,2-7,12-13H2,1H3,(H,20,21). The maximum Gasteiger partial charge on any atom is 0.251 e. The van der Waals surface area contributed by atoms with Crippen molar-refractivity contribution in [1.29, 1.82) is 0 Å². The van der Waals surface area contributed by atoms with E-state index in [2.05, 4.69) is 12.2 Å². The van der Waals surface area contributed by atoms with Crippen molar-refractivity contribution >= 4 is 5.91 Å². The summed E-state index contributed by atoms with van der Waals surface area (Å²) < 4.78 is 11.3. The van der Waals surface area contributed by atoms with Crippen LogP contribution in [0.4, 0.5) is 0 Å². The van der Waals surface area contributed by atoms with E-state index >= 15 is 0 Å². The summed E-state index contributed by atoms with van der Waals surface area (Å²) in [5.74, 6) is 1.39. The largest absolute Gasteiger partial charge is 0.491 e. The third-order valence-corrected chi connectivity index (χ3v) is 5.00. The van der Waals surface area contributed by atoms with Crippen LogP contribution in [0.3, 0.4) is 0 Å². The molecule has 0 radical (unpaired) electrons. The first-order chi connectivity index (χ1) is 11.2. The lowest BCUT2D eigenvalue weighted by molar-refractivity contribution is 0.0679. The van der Waals surface area contributed by atoms with E-state index in [1.54, 1.807) is 0 Å². The predicted octanol–water partition coefficient (Wildman–Crippen LogP) is 3.55. The third-order valence-electron chi connectivity index (χ3n) is 5.00. The average molecular weight is 317 g/mol. The number of benzene rings is 1. The monoisotopic (exact) mass is 317 g/mol. The Morgan fingerprint density at radius 2 is 1.96 bits per heavy atom. The molecule has 1 saturated carbocycles. The first-order valence-electron chi connectivity index (χ1n) is 8.88. The van der Waals surface area contributed by atoms with Crippen molar-refractivity contribution in [2.45, 2.75) is 57.6 Å². The molecule has 4 heteroatoms.